The molecular formula is C19H21BrN4O2S. The van der Waals surface area contributed by atoms with Gasteiger partial charge in [-0.2, -0.15) is 5.10 Å². The minimum Gasteiger partial charge on any atom is -0.493 e. The van der Waals surface area contributed by atoms with Crippen molar-refractivity contribution < 1.29 is 9.47 Å². The van der Waals surface area contributed by atoms with E-state index in [2.05, 4.69) is 31.6 Å². The number of nitrogens with one attached hydrogen (secondary N) is 2. The van der Waals surface area contributed by atoms with E-state index in [4.69, 9.17) is 21.7 Å². The third-order valence-electron chi connectivity index (χ3n) is 4.03. The highest BCUT2D eigenvalue weighted by atomic mass is 79.9. The summed E-state index contributed by atoms with van der Waals surface area (Å²) < 4.78 is 14.9. The molecule has 142 valence electrons. The van der Waals surface area contributed by atoms with E-state index in [0.29, 0.717) is 29.4 Å². The van der Waals surface area contributed by atoms with Gasteiger partial charge in [-0.15, -0.1) is 0 Å². The van der Waals surface area contributed by atoms with Gasteiger partial charge in [0, 0.05) is 16.5 Å². The number of rotatable bonds is 8. The highest BCUT2D eigenvalue weighted by Crippen LogP contribution is 2.35. The molecule has 0 unspecified atom stereocenters. The van der Waals surface area contributed by atoms with Crippen molar-refractivity contribution in [2.75, 3.05) is 12.5 Å². The zero-order chi connectivity index (χ0) is 19.2. The van der Waals surface area contributed by atoms with Crippen LogP contribution in [-0.2, 0) is 19.6 Å². The van der Waals surface area contributed by atoms with Gasteiger partial charge in [0.15, 0.2) is 17.3 Å². The summed E-state index contributed by atoms with van der Waals surface area (Å²) in [5, 5.41) is 7.02. The first-order valence-corrected chi connectivity index (χ1v) is 9.75. The van der Waals surface area contributed by atoms with Crippen LogP contribution < -0.4 is 14.9 Å². The number of H-pyrrole nitrogens is 1. The Labute approximate surface area is 171 Å². The second kappa shape index (κ2) is 9.05. The largest absolute Gasteiger partial charge is 0.493 e. The van der Waals surface area contributed by atoms with E-state index in [0.717, 1.165) is 27.8 Å². The predicted octanol–water partition coefficient (Wildman–Crippen LogP) is 4.60. The van der Waals surface area contributed by atoms with E-state index >= 15 is 0 Å². The Morgan fingerprint density at radius 2 is 2.04 bits per heavy atom. The third-order valence-corrected chi connectivity index (χ3v) is 4.76. The summed E-state index contributed by atoms with van der Waals surface area (Å²) in [5.74, 6) is 2.21. The highest BCUT2D eigenvalue weighted by Gasteiger charge is 2.14. The zero-order valence-corrected chi connectivity index (χ0v) is 17.6. The first-order valence-electron chi connectivity index (χ1n) is 8.55. The van der Waals surface area contributed by atoms with Gasteiger partial charge in [0.25, 0.3) is 0 Å². The SMILES string of the molecule is CCc1n[nH]c(=S)n1NCc1cc(Br)cc(OC)c1OCc1ccccc1. The maximum absolute atomic E-state index is 6.11. The molecule has 3 rings (SSSR count). The Morgan fingerprint density at radius 1 is 1.26 bits per heavy atom. The molecule has 2 N–H and O–H groups in total. The van der Waals surface area contributed by atoms with E-state index in [-0.39, 0.29) is 0 Å². The van der Waals surface area contributed by atoms with Gasteiger partial charge < -0.3 is 14.9 Å². The molecule has 0 bridgehead atoms. The Kier molecular flexibility index (Phi) is 6.52. The molecule has 27 heavy (non-hydrogen) atoms. The molecule has 0 amide bonds. The lowest BCUT2D eigenvalue weighted by atomic mass is 10.2. The van der Waals surface area contributed by atoms with Crippen LogP contribution >= 0.6 is 28.1 Å². The number of ether oxygens (including phenoxy) is 2. The van der Waals surface area contributed by atoms with Gasteiger partial charge in [-0.3, -0.25) is 5.10 Å². The van der Waals surface area contributed by atoms with Crippen LogP contribution in [0.5, 0.6) is 11.5 Å². The van der Waals surface area contributed by atoms with Crippen molar-refractivity contribution in [2.45, 2.75) is 26.5 Å². The third kappa shape index (κ3) is 4.70. The van der Waals surface area contributed by atoms with E-state index < -0.39 is 0 Å². The number of hydrogen-bond donors (Lipinski definition) is 2. The van der Waals surface area contributed by atoms with Crippen LogP contribution in [0.25, 0.3) is 0 Å². The van der Waals surface area contributed by atoms with Gasteiger partial charge in [0.1, 0.15) is 6.61 Å². The molecule has 2 aromatic carbocycles. The molecule has 8 heteroatoms. The number of aromatic nitrogens is 3. The Morgan fingerprint density at radius 3 is 2.74 bits per heavy atom. The molecule has 1 aromatic heterocycles. The van der Waals surface area contributed by atoms with Crippen molar-refractivity contribution in [1.82, 2.24) is 14.9 Å². The summed E-state index contributed by atoms with van der Waals surface area (Å²) >= 11 is 8.83. The Balaban J connectivity index is 1.85. The van der Waals surface area contributed by atoms with Crippen LogP contribution in [0.2, 0.25) is 0 Å². The van der Waals surface area contributed by atoms with Gasteiger partial charge >= 0.3 is 0 Å². The number of aryl methyl sites for hydroxylation is 1. The van der Waals surface area contributed by atoms with Crippen molar-refractivity contribution in [1.29, 1.82) is 0 Å². The average Bonchev–Trinajstić information content (AvgIpc) is 3.05. The van der Waals surface area contributed by atoms with Crippen LogP contribution in [0.1, 0.15) is 23.9 Å². The molecule has 0 aliphatic heterocycles. The number of hydrogen-bond acceptors (Lipinski definition) is 5. The summed E-state index contributed by atoms with van der Waals surface area (Å²) in [5.41, 5.74) is 5.34. The lowest BCUT2D eigenvalue weighted by Gasteiger charge is -2.17. The van der Waals surface area contributed by atoms with E-state index in [1.54, 1.807) is 11.8 Å². The van der Waals surface area contributed by atoms with Crippen molar-refractivity contribution in [3.05, 3.63) is 68.7 Å². The number of aromatic amines is 1. The lowest BCUT2D eigenvalue weighted by Crippen LogP contribution is -2.18. The van der Waals surface area contributed by atoms with E-state index in [1.165, 1.54) is 0 Å². The predicted molar refractivity (Wildman–Crippen MR) is 111 cm³/mol. The summed E-state index contributed by atoms with van der Waals surface area (Å²) in [6.45, 7) is 2.98. The second-order valence-electron chi connectivity index (χ2n) is 5.84. The normalized spacial score (nSPS) is 10.6. The maximum Gasteiger partial charge on any atom is 0.214 e. The summed E-state index contributed by atoms with van der Waals surface area (Å²) in [7, 11) is 1.63. The minimum absolute atomic E-state index is 0.456. The highest BCUT2D eigenvalue weighted by molar-refractivity contribution is 9.10. The van der Waals surface area contributed by atoms with E-state index in [9.17, 15) is 0 Å². The fourth-order valence-electron chi connectivity index (χ4n) is 2.69. The molecule has 0 saturated heterocycles. The average molecular weight is 449 g/mol. The van der Waals surface area contributed by atoms with Crippen molar-refractivity contribution in [3.8, 4) is 11.5 Å². The van der Waals surface area contributed by atoms with Crippen molar-refractivity contribution in [2.24, 2.45) is 0 Å². The van der Waals surface area contributed by atoms with Gasteiger partial charge in [-0.25, -0.2) is 4.68 Å². The van der Waals surface area contributed by atoms with Gasteiger partial charge in [-0.05, 0) is 29.9 Å². The van der Waals surface area contributed by atoms with Gasteiger partial charge in [0.2, 0.25) is 4.77 Å². The molecule has 0 spiro atoms. The maximum atomic E-state index is 6.11. The summed E-state index contributed by atoms with van der Waals surface area (Å²) in [6.07, 6.45) is 0.763. The van der Waals surface area contributed by atoms with Gasteiger partial charge in [0.05, 0.1) is 13.7 Å². The molecule has 0 atom stereocenters. The van der Waals surface area contributed by atoms with Crippen molar-refractivity contribution >= 4 is 28.1 Å². The van der Waals surface area contributed by atoms with Crippen molar-refractivity contribution in [3.63, 3.8) is 0 Å². The summed E-state index contributed by atoms with van der Waals surface area (Å²) in [6, 6.07) is 13.9. The summed E-state index contributed by atoms with van der Waals surface area (Å²) in [4.78, 5) is 0. The quantitative estimate of drug-likeness (QED) is 0.493. The number of benzene rings is 2. The monoisotopic (exact) mass is 448 g/mol. The standard InChI is InChI=1S/C19H21BrN4O2S/c1-3-17-22-23-19(27)24(17)21-11-14-9-15(20)10-16(25-2)18(14)26-12-13-7-5-4-6-8-13/h4-10,21H,3,11-12H2,1-2H3,(H,23,27). The smallest absolute Gasteiger partial charge is 0.214 e. The number of halogens is 1. The van der Waals surface area contributed by atoms with Crippen LogP contribution in [0.4, 0.5) is 0 Å². The van der Waals surface area contributed by atoms with E-state index in [1.807, 2.05) is 49.4 Å². The minimum atomic E-state index is 0.456. The molecular weight excluding hydrogens is 428 g/mol. The molecule has 0 fully saturated rings. The van der Waals surface area contributed by atoms with Crippen LogP contribution in [0.15, 0.2) is 46.9 Å². The van der Waals surface area contributed by atoms with Crippen LogP contribution in [0, 0.1) is 4.77 Å². The molecule has 0 radical (unpaired) electrons. The second-order valence-corrected chi connectivity index (χ2v) is 7.14. The molecule has 1 heterocycles. The molecule has 3 aromatic rings. The Hall–Kier alpha value is -2.32. The fourth-order valence-corrected chi connectivity index (χ4v) is 3.39. The Bertz CT molecular complexity index is 956. The fraction of sp³-hybridized carbons (Fsp3) is 0.263. The molecule has 6 nitrogen and oxygen atoms in total. The lowest BCUT2D eigenvalue weighted by molar-refractivity contribution is 0.281. The van der Waals surface area contributed by atoms with Gasteiger partial charge in [-0.1, -0.05) is 53.2 Å². The topological polar surface area (TPSA) is 64.1 Å². The first-order chi connectivity index (χ1) is 13.1. The molecule has 0 aliphatic carbocycles. The van der Waals surface area contributed by atoms with Crippen LogP contribution in [0.3, 0.4) is 0 Å². The van der Waals surface area contributed by atoms with Crippen LogP contribution in [-0.4, -0.2) is 22.0 Å². The number of nitrogens with zero attached hydrogens (tertiary/aromatic N) is 2. The molecule has 0 saturated carbocycles. The first kappa shape index (κ1) is 19.4. The molecule has 0 aliphatic rings. The number of methoxy groups -OCH3 is 1. The zero-order valence-electron chi connectivity index (χ0n) is 15.2.